The molecule has 4 nitrogen and oxygen atoms in total. The number of aromatic nitrogens is 2. The second-order valence-corrected chi connectivity index (χ2v) is 11.8. The molecule has 0 bridgehead atoms. The van der Waals surface area contributed by atoms with Crippen molar-refractivity contribution in [2.24, 2.45) is 18.4 Å². The van der Waals surface area contributed by atoms with E-state index in [1.54, 1.807) is 0 Å². The molecule has 0 radical (unpaired) electrons. The summed E-state index contributed by atoms with van der Waals surface area (Å²) in [4.78, 5) is 18.3. The summed E-state index contributed by atoms with van der Waals surface area (Å²) in [6.07, 6.45) is 6.48. The van der Waals surface area contributed by atoms with E-state index in [0.717, 1.165) is 41.8 Å². The van der Waals surface area contributed by atoms with E-state index in [4.69, 9.17) is 0 Å². The van der Waals surface area contributed by atoms with E-state index in [-0.39, 0.29) is 5.56 Å². The Hall–Kier alpha value is -2.40. The third-order valence-electron chi connectivity index (χ3n) is 7.45. The van der Waals surface area contributed by atoms with Gasteiger partial charge >= 0.3 is 5.56 Å². The minimum atomic E-state index is 0.214. The maximum absolute atomic E-state index is 13.6. The maximum Gasteiger partial charge on any atom is 0.346 e. The van der Waals surface area contributed by atoms with Crippen molar-refractivity contribution < 1.29 is 4.57 Å². The second-order valence-electron chi connectivity index (χ2n) is 10.7. The number of nitrogens with zero attached hydrogens (tertiary/aromatic N) is 3. The highest BCUT2D eigenvalue weighted by Crippen LogP contribution is 2.42. The van der Waals surface area contributed by atoms with Crippen LogP contribution in [0.3, 0.4) is 0 Å². The van der Waals surface area contributed by atoms with Gasteiger partial charge in [-0.25, -0.2) is 9.36 Å². The molecular formula is C27H34N3OS+. The van der Waals surface area contributed by atoms with E-state index in [2.05, 4.69) is 81.7 Å². The number of anilines is 1. The summed E-state index contributed by atoms with van der Waals surface area (Å²) in [5.74, 6) is 1.76. The summed E-state index contributed by atoms with van der Waals surface area (Å²) < 4.78 is 4.31. The first-order valence-corrected chi connectivity index (χ1v) is 12.5. The molecule has 5 rings (SSSR count). The Morgan fingerprint density at radius 3 is 2.53 bits per heavy atom. The van der Waals surface area contributed by atoms with E-state index >= 15 is 0 Å². The minimum absolute atomic E-state index is 0.214. The number of allylic oxidation sites excluding steroid dienone is 1. The van der Waals surface area contributed by atoms with Crippen molar-refractivity contribution in [3.63, 3.8) is 0 Å². The molecule has 1 aliphatic heterocycles. The normalized spacial score (nSPS) is 19.4. The summed E-state index contributed by atoms with van der Waals surface area (Å²) in [7, 11) is 6.26. The lowest BCUT2D eigenvalue weighted by Crippen LogP contribution is -2.40. The van der Waals surface area contributed by atoms with Crippen molar-refractivity contribution in [3.8, 4) is 0 Å². The molecule has 0 N–H and O–H groups in total. The average molecular weight is 449 g/mol. The summed E-state index contributed by atoms with van der Waals surface area (Å²) in [5, 5.41) is 0.986. The van der Waals surface area contributed by atoms with Crippen LogP contribution in [0.25, 0.3) is 21.9 Å². The van der Waals surface area contributed by atoms with Gasteiger partial charge in [-0.1, -0.05) is 44.2 Å². The standard InChI is InChI=1S/C27H34N3OS/c1-27(2,3)19-9-12-21-22(16-19)32-26-23(21)25(31)30-14-13-18(24(30)29(26)6)15-17-7-10-20(11-8-17)28(4)5/h7-8,10-11,15,19H,9,12-14,16H2,1-6H3/q+1. The minimum Gasteiger partial charge on any atom is -0.378 e. The van der Waals surface area contributed by atoms with Crippen LogP contribution in [0.4, 0.5) is 5.69 Å². The number of rotatable bonds is 2. The lowest BCUT2D eigenvalue weighted by Gasteiger charge is -2.33. The molecule has 1 aromatic carbocycles. The highest BCUT2D eigenvalue weighted by molar-refractivity contribution is 7.18. The molecule has 0 saturated heterocycles. The van der Waals surface area contributed by atoms with Crippen molar-refractivity contribution in [2.45, 2.75) is 53.0 Å². The Labute approximate surface area is 194 Å². The van der Waals surface area contributed by atoms with Gasteiger partial charge < -0.3 is 4.90 Å². The third-order valence-corrected chi connectivity index (χ3v) is 8.78. The number of hydrogen-bond donors (Lipinski definition) is 0. The SMILES string of the molecule is CN(C)c1ccc(/C=C2\CCn3c2[n+](C)c2sc4c(c2c3=O)CCC(C(C)(C)C)C4)cc1. The van der Waals surface area contributed by atoms with Gasteiger partial charge in [0, 0.05) is 36.7 Å². The van der Waals surface area contributed by atoms with Crippen molar-refractivity contribution >= 4 is 38.9 Å². The van der Waals surface area contributed by atoms with Gasteiger partial charge in [0.25, 0.3) is 5.82 Å². The van der Waals surface area contributed by atoms with Crippen molar-refractivity contribution in [1.82, 2.24) is 4.57 Å². The Morgan fingerprint density at radius 2 is 1.88 bits per heavy atom. The molecule has 0 amide bonds. The molecule has 5 heteroatoms. The van der Waals surface area contributed by atoms with E-state index in [1.165, 1.54) is 33.7 Å². The van der Waals surface area contributed by atoms with Gasteiger partial charge in [-0.3, -0.25) is 0 Å². The summed E-state index contributed by atoms with van der Waals surface area (Å²) in [5.41, 5.74) is 5.49. The zero-order valence-electron chi connectivity index (χ0n) is 20.2. The highest BCUT2D eigenvalue weighted by Gasteiger charge is 2.36. The fraction of sp³-hybridized carbons (Fsp3) is 0.481. The van der Waals surface area contributed by atoms with Gasteiger partial charge in [0.05, 0.1) is 13.6 Å². The summed E-state index contributed by atoms with van der Waals surface area (Å²) >= 11 is 1.86. The average Bonchev–Trinajstić information content (AvgIpc) is 3.33. The van der Waals surface area contributed by atoms with Crippen LogP contribution in [-0.4, -0.2) is 18.7 Å². The van der Waals surface area contributed by atoms with Crippen LogP contribution < -0.4 is 15.0 Å². The molecule has 0 fully saturated rings. The fourth-order valence-electron chi connectivity index (χ4n) is 5.42. The molecular weight excluding hydrogens is 414 g/mol. The molecule has 3 heterocycles. The monoisotopic (exact) mass is 448 g/mol. The van der Waals surface area contributed by atoms with Crippen molar-refractivity contribution in [1.29, 1.82) is 0 Å². The van der Waals surface area contributed by atoms with Crippen LogP contribution in [0.1, 0.15) is 55.4 Å². The Kier molecular flexibility index (Phi) is 5.08. The topological polar surface area (TPSA) is 29.1 Å². The molecule has 3 aromatic rings. The summed E-state index contributed by atoms with van der Waals surface area (Å²) in [6.45, 7) is 7.82. The first kappa shape index (κ1) is 21.4. The predicted molar refractivity (Wildman–Crippen MR) is 135 cm³/mol. The second kappa shape index (κ2) is 7.58. The Bertz CT molecular complexity index is 1290. The van der Waals surface area contributed by atoms with Crippen molar-refractivity contribution in [2.75, 3.05) is 19.0 Å². The zero-order chi connectivity index (χ0) is 22.8. The molecule has 1 unspecified atom stereocenters. The molecule has 1 aliphatic carbocycles. The lowest BCUT2D eigenvalue weighted by atomic mass is 9.72. The Balaban J connectivity index is 1.60. The first-order valence-electron chi connectivity index (χ1n) is 11.7. The Morgan fingerprint density at radius 1 is 1.16 bits per heavy atom. The lowest BCUT2D eigenvalue weighted by molar-refractivity contribution is -0.649. The number of fused-ring (bicyclic) bond motifs is 4. The van der Waals surface area contributed by atoms with E-state index in [0.29, 0.717) is 11.3 Å². The zero-order valence-corrected chi connectivity index (χ0v) is 21.0. The molecule has 0 saturated carbocycles. The van der Waals surface area contributed by atoms with Gasteiger partial charge in [-0.05, 0) is 59.9 Å². The summed E-state index contributed by atoms with van der Waals surface area (Å²) in [6, 6.07) is 8.63. The van der Waals surface area contributed by atoms with Crippen LogP contribution in [0, 0.1) is 11.3 Å². The largest absolute Gasteiger partial charge is 0.378 e. The molecule has 32 heavy (non-hydrogen) atoms. The van der Waals surface area contributed by atoms with Crippen LogP contribution in [0.15, 0.2) is 29.1 Å². The molecule has 2 aromatic heterocycles. The van der Waals surface area contributed by atoms with Gasteiger partial charge in [0.15, 0.2) is 4.83 Å². The number of benzene rings is 1. The quantitative estimate of drug-likeness (QED) is 0.514. The predicted octanol–water partition coefficient (Wildman–Crippen LogP) is 5.05. The molecule has 0 spiro atoms. The van der Waals surface area contributed by atoms with Crippen LogP contribution in [0.5, 0.6) is 0 Å². The van der Waals surface area contributed by atoms with E-state index < -0.39 is 0 Å². The van der Waals surface area contributed by atoms with Crippen LogP contribution in [0.2, 0.25) is 0 Å². The van der Waals surface area contributed by atoms with Gasteiger partial charge in [-0.15, -0.1) is 0 Å². The van der Waals surface area contributed by atoms with Gasteiger partial charge in [0.2, 0.25) is 0 Å². The third kappa shape index (κ3) is 3.42. The smallest absolute Gasteiger partial charge is 0.346 e. The van der Waals surface area contributed by atoms with Gasteiger partial charge in [-0.2, -0.15) is 4.57 Å². The molecule has 168 valence electrons. The number of hydrogen-bond acceptors (Lipinski definition) is 3. The van der Waals surface area contributed by atoms with Crippen molar-refractivity contribution in [3.05, 3.63) is 56.4 Å². The van der Waals surface area contributed by atoms with Crippen LogP contribution in [-0.2, 0) is 26.4 Å². The molecule has 2 aliphatic rings. The first-order chi connectivity index (χ1) is 15.1. The van der Waals surface area contributed by atoms with E-state index in [9.17, 15) is 4.79 Å². The van der Waals surface area contributed by atoms with E-state index in [1.807, 2.05) is 15.9 Å². The number of thiophene rings is 1. The molecule has 1 atom stereocenters. The fourth-order valence-corrected chi connectivity index (χ4v) is 6.80. The maximum atomic E-state index is 13.6. The van der Waals surface area contributed by atoms with Crippen LogP contribution >= 0.6 is 11.3 Å². The highest BCUT2D eigenvalue weighted by atomic mass is 32.1. The van der Waals surface area contributed by atoms with Gasteiger partial charge in [0.1, 0.15) is 5.39 Å². The number of aryl methyl sites for hydroxylation is 2.